The van der Waals surface area contributed by atoms with E-state index in [-0.39, 0.29) is 18.2 Å². The second-order valence-electron chi connectivity index (χ2n) is 8.78. The average molecular weight is 538 g/mol. The normalized spacial score (nSPS) is 12.1. The van der Waals surface area contributed by atoms with Gasteiger partial charge in [-0.3, -0.25) is 9.40 Å². The van der Waals surface area contributed by atoms with Crippen LogP contribution in [0.25, 0.3) is 11.1 Å². The van der Waals surface area contributed by atoms with E-state index in [9.17, 15) is 26.4 Å². The van der Waals surface area contributed by atoms with Gasteiger partial charge in [-0.1, -0.05) is 63.2 Å². The van der Waals surface area contributed by atoms with Crippen molar-refractivity contribution in [1.82, 2.24) is 9.78 Å². The van der Waals surface area contributed by atoms with Gasteiger partial charge in [-0.2, -0.15) is 26.7 Å². The molecular weight excluding hydrogens is 507 g/mol. The molecule has 1 N–H and O–H groups in total. The lowest BCUT2D eigenvalue weighted by molar-refractivity contribution is -0.0429. The summed E-state index contributed by atoms with van der Waals surface area (Å²) in [5.41, 5.74) is -2.08. The Balaban J connectivity index is 1.98. The molecule has 0 spiro atoms. The van der Waals surface area contributed by atoms with E-state index in [1.807, 2.05) is 25.5 Å². The van der Waals surface area contributed by atoms with Gasteiger partial charge in [0.1, 0.15) is 5.56 Å². The zero-order valence-corrected chi connectivity index (χ0v) is 21.9. The van der Waals surface area contributed by atoms with Gasteiger partial charge < -0.3 is 4.74 Å². The minimum Gasteiger partial charge on any atom is -0.462 e. The number of rotatable bonds is 10. The second kappa shape index (κ2) is 11.4. The molecule has 11 heteroatoms. The van der Waals surface area contributed by atoms with Gasteiger partial charge in [0.15, 0.2) is 0 Å². The van der Waals surface area contributed by atoms with E-state index in [4.69, 9.17) is 4.74 Å². The monoisotopic (exact) mass is 537 g/mol. The molecule has 3 rings (SSSR count). The van der Waals surface area contributed by atoms with Crippen LogP contribution < -0.4 is 4.72 Å². The molecule has 0 amide bonds. The van der Waals surface area contributed by atoms with Crippen molar-refractivity contribution in [1.29, 1.82) is 0 Å². The summed E-state index contributed by atoms with van der Waals surface area (Å²) in [4.78, 5) is 12.8. The Morgan fingerprint density at radius 3 is 2.30 bits per heavy atom. The highest BCUT2D eigenvalue weighted by Crippen LogP contribution is 2.33. The van der Waals surface area contributed by atoms with Gasteiger partial charge in [0.25, 0.3) is 0 Å². The van der Waals surface area contributed by atoms with Crippen molar-refractivity contribution in [2.75, 3.05) is 11.3 Å². The molecule has 0 atom stereocenters. The zero-order chi connectivity index (χ0) is 27.4. The first-order chi connectivity index (χ1) is 17.4. The van der Waals surface area contributed by atoms with E-state index in [1.165, 1.54) is 18.2 Å². The molecule has 3 aromatic rings. The first-order valence-corrected chi connectivity index (χ1v) is 13.4. The molecule has 0 fully saturated rings. The lowest BCUT2D eigenvalue weighted by Crippen LogP contribution is -2.30. The van der Waals surface area contributed by atoms with Gasteiger partial charge in [0.05, 0.1) is 23.7 Å². The lowest BCUT2D eigenvalue weighted by atomic mass is 9.98. The number of carbonyl (C=O) groups is 1. The quantitative estimate of drug-likeness (QED) is 0.315. The molecule has 200 valence electrons. The van der Waals surface area contributed by atoms with Crippen LogP contribution in [0, 0.1) is 0 Å². The molecule has 0 bridgehead atoms. The number of sulfonamides is 1. The summed E-state index contributed by atoms with van der Waals surface area (Å²) in [5.74, 6) is -0.415. The SMILES string of the molecule is CCCn1nc(C(C)C)c(C(=O)OCC)c1Cc1ccc(-c2ccccc2NS(=O)(=O)C(F)(F)F)cc1. The highest BCUT2D eigenvalue weighted by Gasteiger charge is 2.46. The van der Waals surface area contributed by atoms with Crippen LogP contribution in [-0.2, 0) is 27.7 Å². The summed E-state index contributed by atoms with van der Waals surface area (Å²) < 4.78 is 70.8. The van der Waals surface area contributed by atoms with Crippen molar-refractivity contribution in [3.63, 3.8) is 0 Å². The van der Waals surface area contributed by atoms with Gasteiger partial charge in [0.2, 0.25) is 0 Å². The largest absolute Gasteiger partial charge is 0.516 e. The molecule has 37 heavy (non-hydrogen) atoms. The fourth-order valence-corrected chi connectivity index (χ4v) is 4.53. The molecule has 1 aromatic heterocycles. The number of halogens is 3. The Morgan fingerprint density at radius 2 is 1.73 bits per heavy atom. The second-order valence-corrected chi connectivity index (χ2v) is 10.4. The highest BCUT2D eigenvalue weighted by molar-refractivity contribution is 7.93. The number of carbonyl (C=O) groups excluding carboxylic acids is 1. The number of aryl methyl sites for hydroxylation is 1. The first-order valence-electron chi connectivity index (χ1n) is 11.9. The summed E-state index contributed by atoms with van der Waals surface area (Å²) in [6.45, 7) is 8.55. The summed E-state index contributed by atoms with van der Waals surface area (Å²) in [6, 6.07) is 12.8. The molecule has 0 saturated carbocycles. The van der Waals surface area contributed by atoms with Crippen LogP contribution in [0.2, 0.25) is 0 Å². The molecule has 2 aromatic carbocycles. The summed E-state index contributed by atoms with van der Waals surface area (Å²) in [6.07, 6.45) is 1.20. The Bertz CT molecular complexity index is 1350. The first kappa shape index (κ1) is 28.2. The zero-order valence-electron chi connectivity index (χ0n) is 21.1. The lowest BCUT2D eigenvalue weighted by Gasteiger charge is -2.15. The third-order valence-electron chi connectivity index (χ3n) is 5.66. The summed E-state index contributed by atoms with van der Waals surface area (Å²) in [5, 5.41) is 4.69. The van der Waals surface area contributed by atoms with Gasteiger partial charge in [-0.15, -0.1) is 0 Å². The molecule has 0 unspecified atom stereocenters. The van der Waals surface area contributed by atoms with Crippen molar-refractivity contribution < 1.29 is 31.1 Å². The topological polar surface area (TPSA) is 90.3 Å². The fraction of sp³-hybridized carbons (Fsp3) is 0.385. The van der Waals surface area contributed by atoms with Crippen molar-refractivity contribution >= 4 is 21.7 Å². The van der Waals surface area contributed by atoms with Crippen molar-refractivity contribution in [2.45, 2.75) is 58.5 Å². The smallest absolute Gasteiger partial charge is 0.462 e. The Morgan fingerprint density at radius 1 is 1.08 bits per heavy atom. The number of alkyl halides is 3. The third-order valence-corrected chi connectivity index (χ3v) is 6.76. The molecular formula is C26H30F3N3O4S. The Labute approximate surface area is 214 Å². The van der Waals surface area contributed by atoms with E-state index in [0.717, 1.165) is 17.7 Å². The van der Waals surface area contributed by atoms with Gasteiger partial charge in [-0.25, -0.2) is 4.79 Å². The number of hydrogen-bond donors (Lipinski definition) is 1. The number of hydrogen-bond acceptors (Lipinski definition) is 5. The summed E-state index contributed by atoms with van der Waals surface area (Å²) in [7, 11) is -5.57. The maximum Gasteiger partial charge on any atom is 0.516 e. The molecule has 0 saturated heterocycles. The van der Waals surface area contributed by atoms with Gasteiger partial charge in [0, 0.05) is 18.5 Å². The van der Waals surface area contributed by atoms with Crippen LogP contribution >= 0.6 is 0 Å². The number of benzene rings is 2. The molecule has 1 heterocycles. The predicted octanol–water partition coefficient (Wildman–Crippen LogP) is 6.11. The third kappa shape index (κ3) is 6.33. The maximum absolute atomic E-state index is 12.9. The number of para-hydroxylation sites is 1. The van der Waals surface area contributed by atoms with Gasteiger partial charge >= 0.3 is 21.5 Å². The van der Waals surface area contributed by atoms with Crippen molar-refractivity contribution in [2.24, 2.45) is 0 Å². The molecule has 0 aliphatic carbocycles. The molecule has 7 nitrogen and oxygen atoms in total. The fourth-order valence-electron chi connectivity index (χ4n) is 3.95. The highest BCUT2D eigenvalue weighted by atomic mass is 32.2. The van der Waals surface area contributed by atoms with Crippen LogP contribution in [-0.4, -0.2) is 36.3 Å². The van der Waals surface area contributed by atoms with Crippen LogP contribution in [0.15, 0.2) is 48.5 Å². The number of ether oxygens (including phenoxy) is 1. The van der Waals surface area contributed by atoms with E-state index in [0.29, 0.717) is 35.3 Å². The van der Waals surface area contributed by atoms with Gasteiger partial charge in [-0.05, 0) is 36.5 Å². The number of nitrogens with one attached hydrogen (secondary N) is 1. The molecule has 0 radical (unpaired) electrons. The maximum atomic E-state index is 12.9. The minimum atomic E-state index is -5.57. The number of anilines is 1. The molecule has 0 aliphatic heterocycles. The Hall–Kier alpha value is -3.34. The van der Waals surface area contributed by atoms with E-state index in [2.05, 4.69) is 5.10 Å². The van der Waals surface area contributed by atoms with Crippen LogP contribution in [0.4, 0.5) is 18.9 Å². The predicted molar refractivity (Wildman–Crippen MR) is 136 cm³/mol. The standard InChI is InChI=1S/C26H30F3N3O4S/c1-5-15-32-22(23(25(33)36-6-2)24(30-32)17(3)4)16-18-11-13-19(14-12-18)20-9-7-8-10-21(20)31-37(34,35)26(27,28)29/h7-14,17,31H,5-6,15-16H2,1-4H3. The summed E-state index contributed by atoms with van der Waals surface area (Å²) >= 11 is 0. The van der Waals surface area contributed by atoms with Crippen LogP contribution in [0.1, 0.15) is 67.3 Å². The van der Waals surface area contributed by atoms with E-state index < -0.39 is 21.5 Å². The van der Waals surface area contributed by atoms with E-state index >= 15 is 0 Å². The van der Waals surface area contributed by atoms with Crippen molar-refractivity contribution in [3.05, 3.63) is 71.0 Å². The average Bonchev–Trinajstić information content (AvgIpc) is 3.18. The van der Waals surface area contributed by atoms with Crippen molar-refractivity contribution in [3.8, 4) is 11.1 Å². The van der Waals surface area contributed by atoms with E-state index in [1.54, 1.807) is 42.0 Å². The number of aromatic nitrogens is 2. The molecule has 0 aliphatic rings. The van der Waals surface area contributed by atoms with Crippen LogP contribution in [0.3, 0.4) is 0 Å². The Kier molecular flexibility index (Phi) is 8.68. The van der Waals surface area contributed by atoms with Crippen LogP contribution in [0.5, 0.6) is 0 Å². The minimum absolute atomic E-state index is 0.00983. The number of esters is 1. The number of nitrogens with zero attached hydrogens (tertiary/aromatic N) is 2.